The number of thioether (sulfide) groups is 1. The number of carbonyl (C=O) groups excluding carboxylic acids is 2. The van der Waals surface area contributed by atoms with Crippen molar-refractivity contribution in [1.82, 2.24) is 5.32 Å². The average molecular weight is 502 g/mol. The fraction of sp³-hybridized carbons (Fsp3) is 0.192. The van der Waals surface area contributed by atoms with Crippen LogP contribution in [0.1, 0.15) is 11.9 Å². The number of ketones is 1. The maximum atomic E-state index is 13.1. The number of aliphatic hydroxyl groups excluding tert-OH is 1. The molecule has 0 spiro atoms. The lowest BCUT2D eigenvalue weighted by atomic mass is 9.88. The van der Waals surface area contributed by atoms with Gasteiger partial charge in [-0.3, -0.25) is 9.59 Å². The van der Waals surface area contributed by atoms with E-state index in [4.69, 9.17) is 0 Å². The Labute approximate surface area is 213 Å². The summed E-state index contributed by atoms with van der Waals surface area (Å²) in [5, 5.41) is 15.5. The van der Waals surface area contributed by atoms with Crippen LogP contribution in [0.3, 0.4) is 0 Å². The van der Waals surface area contributed by atoms with Crippen molar-refractivity contribution in [1.29, 1.82) is 0 Å². The first kappa shape index (κ1) is 23.4. The fourth-order valence-corrected chi connectivity index (χ4v) is 6.57. The van der Waals surface area contributed by atoms with E-state index < -0.39 is 0 Å². The zero-order chi connectivity index (χ0) is 24.5. The molecular weight excluding hydrogens is 477 g/mol. The monoisotopic (exact) mass is 502 g/mol. The number of carbonyl (C=O) groups is 2. The van der Waals surface area contributed by atoms with Gasteiger partial charge >= 0.3 is 0 Å². The van der Waals surface area contributed by atoms with E-state index in [0.717, 1.165) is 37.4 Å². The second-order valence-corrected chi connectivity index (χ2v) is 10.3. The number of fused-ring (bicyclic) bond motifs is 2. The second-order valence-electron chi connectivity index (χ2n) is 8.21. The van der Waals surface area contributed by atoms with Crippen LogP contribution >= 0.6 is 23.1 Å². The SMILES string of the molecule is BCC(=O)NCC[n+]1c(/C=C2/C(=O)C(/C=C3\Sc4ccccc4N3CC)=C2O)sc2ccccc21. The summed E-state index contributed by atoms with van der Waals surface area (Å²) in [4.78, 5) is 28.1. The van der Waals surface area contributed by atoms with Gasteiger partial charge in [0, 0.05) is 23.6 Å². The number of allylic oxidation sites excluding steroid dienone is 3. The maximum absolute atomic E-state index is 13.1. The van der Waals surface area contributed by atoms with Crippen LogP contribution in [0.25, 0.3) is 16.3 Å². The third kappa shape index (κ3) is 4.30. The third-order valence-corrected chi connectivity index (χ3v) is 8.33. The van der Waals surface area contributed by atoms with Crippen LogP contribution in [0.2, 0.25) is 6.32 Å². The first-order valence-electron chi connectivity index (χ1n) is 11.7. The Hall–Kier alpha value is -3.30. The van der Waals surface area contributed by atoms with Gasteiger partial charge in [0.1, 0.15) is 18.3 Å². The molecule has 0 fully saturated rings. The van der Waals surface area contributed by atoms with Gasteiger partial charge in [0.25, 0.3) is 5.01 Å². The van der Waals surface area contributed by atoms with Crippen molar-refractivity contribution in [2.24, 2.45) is 0 Å². The smallest absolute Gasteiger partial charge is 0.263 e. The van der Waals surface area contributed by atoms with E-state index in [-0.39, 0.29) is 17.4 Å². The van der Waals surface area contributed by atoms with Gasteiger partial charge in [-0.25, -0.2) is 0 Å². The van der Waals surface area contributed by atoms with Gasteiger partial charge in [-0.15, -0.1) is 0 Å². The molecule has 3 aromatic rings. The molecule has 0 bridgehead atoms. The molecule has 0 radical (unpaired) electrons. The summed E-state index contributed by atoms with van der Waals surface area (Å²) in [7, 11) is 1.82. The van der Waals surface area contributed by atoms with E-state index in [1.807, 2.05) is 44.2 Å². The van der Waals surface area contributed by atoms with Crippen LogP contribution in [0.15, 0.2) is 81.4 Å². The highest BCUT2D eigenvalue weighted by Crippen LogP contribution is 2.47. The van der Waals surface area contributed by atoms with Gasteiger partial charge in [-0.2, -0.15) is 4.57 Å². The van der Waals surface area contributed by atoms with Crippen molar-refractivity contribution >= 4 is 64.6 Å². The van der Waals surface area contributed by atoms with E-state index in [0.29, 0.717) is 30.6 Å². The summed E-state index contributed by atoms with van der Waals surface area (Å²) in [6.45, 7) is 3.91. The lowest BCUT2D eigenvalue weighted by Crippen LogP contribution is -2.41. The summed E-state index contributed by atoms with van der Waals surface area (Å²) in [5.41, 5.74) is 2.81. The number of Topliss-reactive ketones (excluding diaryl/α,β-unsaturated/α-hetero) is 1. The predicted molar refractivity (Wildman–Crippen MR) is 144 cm³/mol. The summed E-state index contributed by atoms with van der Waals surface area (Å²) in [6.07, 6.45) is 4.00. The Balaban J connectivity index is 1.45. The first-order chi connectivity index (χ1) is 17.0. The van der Waals surface area contributed by atoms with E-state index in [2.05, 4.69) is 33.8 Å². The molecule has 0 saturated heterocycles. The van der Waals surface area contributed by atoms with E-state index >= 15 is 0 Å². The van der Waals surface area contributed by atoms with Crippen molar-refractivity contribution in [2.45, 2.75) is 24.7 Å². The molecule has 5 rings (SSSR count). The van der Waals surface area contributed by atoms with Gasteiger partial charge in [-0.1, -0.05) is 47.4 Å². The Kier molecular flexibility index (Phi) is 6.53. The van der Waals surface area contributed by atoms with Crippen molar-refractivity contribution in [3.05, 3.63) is 81.5 Å². The molecule has 1 amide bonds. The van der Waals surface area contributed by atoms with Gasteiger partial charge in [0.05, 0.1) is 28.4 Å². The second kappa shape index (κ2) is 9.75. The minimum absolute atomic E-state index is 0.00511. The molecule has 2 heterocycles. The van der Waals surface area contributed by atoms with E-state index in [1.54, 1.807) is 35.3 Å². The molecule has 1 aliphatic heterocycles. The number of anilines is 1. The molecule has 2 aromatic carbocycles. The topological polar surface area (TPSA) is 73.5 Å². The molecule has 9 heteroatoms. The molecule has 1 aromatic heterocycles. The highest BCUT2D eigenvalue weighted by Gasteiger charge is 2.36. The largest absolute Gasteiger partial charge is 0.506 e. The maximum Gasteiger partial charge on any atom is 0.263 e. The minimum Gasteiger partial charge on any atom is -0.506 e. The number of aliphatic hydroxyl groups is 1. The van der Waals surface area contributed by atoms with Crippen LogP contribution in [0.5, 0.6) is 0 Å². The Morgan fingerprint density at radius 3 is 2.71 bits per heavy atom. The molecule has 0 atom stereocenters. The van der Waals surface area contributed by atoms with Crippen LogP contribution in [0.4, 0.5) is 5.69 Å². The van der Waals surface area contributed by atoms with Crippen LogP contribution in [-0.4, -0.2) is 37.7 Å². The Morgan fingerprint density at radius 1 is 1.17 bits per heavy atom. The van der Waals surface area contributed by atoms with Crippen molar-refractivity contribution < 1.29 is 19.3 Å². The zero-order valence-electron chi connectivity index (χ0n) is 19.6. The van der Waals surface area contributed by atoms with Crippen molar-refractivity contribution in [3.8, 4) is 0 Å². The Bertz CT molecular complexity index is 1440. The lowest BCUT2D eigenvalue weighted by Gasteiger charge is -2.22. The molecule has 2 N–H and O–H groups in total. The molecule has 2 aliphatic rings. The summed E-state index contributed by atoms with van der Waals surface area (Å²) in [5.74, 6) is -0.130. The molecule has 0 saturated carbocycles. The number of thiazole rings is 1. The van der Waals surface area contributed by atoms with Crippen LogP contribution < -0.4 is 14.8 Å². The van der Waals surface area contributed by atoms with Crippen LogP contribution in [-0.2, 0) is 16.1 Å². The normalized spacial score (nSPS) is 17.4. The highest BCUT2D eigenvalue weighted by molar-refractivity contribution is 8.03. The Morgan fingerprint density at radius 2 is 1.94 bits per heavy atom. The van der Waals surface area contributed by atoms with Crippen molar-refractivity contribution in [2.75, 3.05) is 18.0 Å². The molecule has 6 nitrogen and oxygen atoms in total. The molecule has 35 heavy (non-hydrogen) atoms. The number of amides is 1. The number of hydrogen-bond acceptors (Lipinski definition) is 6. The summed E-state index contributed by atoms with van der Waals surface area (Å²) >= 11 is 3.17. The van der Waals surface area contributed by atoms with Crippen molar-refractivity contribution in [3.63, 3.8) is 0 Å². The summed E-state index contributed by atoms with van der Waals surface area (Å²) < 4.78 is 3.17. The number of aromatic nitrogens is 1. The number of benzene rings is 2. The van der Waals surface area contributed by atoms with Gasteiger partial charge in [0.15, 0.2) is 6.54 Å². The summed E-state index contributed by atoms with van der Waals surface area (Å²) in [6, 6.07) is 16.1. The minimum atomic E-state index is -0.161. The van der Waals surface area contributed by atoms with E-state index in [9.17, 15) is 14.7 Å². The molecule has 176 valence electrons. The molecule has 0 unspecified atom stereocenters. The quantitative estimate of drug-likeness (QED) is 0.294. The highest BCUT2D eigenvalue weighted by atomic mass is 32.2. The number of nitrogens with one attached hydrogen (secondary N) is 1. The fourth-order valence-electron chi connectivity index (χ4n) is 4.27. The third-order valence-electron chi connectivity index (χ3n) is 6.10. The zero-order valence-corrected chi connectivity index (χ0v) is 21.2. The number of para-hydroxylation sites is 2. The van der Waals surface area contributed by atoms with Gasteiger partial charge < -0.3 is 15.3 Å². The predicted octanol–water partition coefficient (Wildman–Crippen LogP) is 3.61. The van der Waals surface area contributed by atoms with Gasteiger partial charge in [-0.05, 0) is 37.5 Å². The standard InChI is InChI=1S/C26H24BN3O3S2/c1-2-29-18-7-3-5-9-20(18)34-23(29)13-16-25(32)17(26(16)33)14-24-30(12-11-28-22(31)15-27)19-8-4-6-10-21(19)35-24/h3-10,13-14H,2,11-12,15,27H2,1H3,(H-,28,31,32,33)/p+1. The first-order valence-corrected chi connectivity index (χ1v) is 13.3. The molecular formula is C26H25BN3O3S2+. The number of rotatable bonds is 7. The van der Waals surface area contributed by atoms with Gasteiger partial charge in [0.2, 0.25) is 17.2 Å². The van der Waals surface area contributed by atoms with Crippen LogP contribution in [0, 0.1) is 0 Å². The molecule has 1 aliphatic carbocycles. The van der Waals surface area contributed by atoms with E-state index in [1.165, 1.54) is 0 Å². The number of hydrogen-bond donors (Lipinski definition) is 2. The lowest BCUT2D eigenvalue weighted by molar-refractivity contribution is -0.666. The number of nitrogens with zero attached hydrogens (tertiary/aromatic N) is 2. The average Bonchev–Trinajstić information content (AvgIpc) is 3.42.